The fourth-order valence-electron chi connectivity index (χ4n) is 3.44. The Morgan fingerprint density at radius 2 is 1.80 bits per heavy atom. The average Bonchev–Trinajstić information content (AvgIpc) is 3.04. The molecule has 1 aromatic carbocycles. The zero-order valence-corrected chi connectivity index (χ0v) is 15.0. The summed E-state index contributed by atoms with van der Waals surface area (Å²) in [5, 5.41) is 4.38. The number of halogens is 2. The minimum Gasteiger partial charge on any atom is -0.366 e. The van der Waals surface area contributed by atoms with Gasteiger partial charge < -0.3 is 16.0 Å². The van der Waals surface area contributed by atoms with Crippen molar-refractivity contribution in [1.29, 1.82) is 0 Å². The molecule has 2 aromatic rings. The van der Waals surface area contributed by atoms with Crippen molar-refractivity contribution in [2.24, 2.45) is 17.6 Å². The Balaban J connectivity index is 0.00000182. The summed E-state index contributed by atoms with van der Waals surface area (Å²) in [6, 6.07) is 8.49. The SMILES string of the molecule is Cl.NC(=O)c1cnc(N2CC3C(C2)C3NCc2ccc(Cl)cc2)nc1. The van der Waals surface area contributed by atoms with E-state index in [1.807, 2.05) is 24.3 Å². The van der Waals surface area contributed by atoms with Gasteiger partial charge in [0, 0.05) is 43.1 Å². The minimum absolute atomic E-state index is 0. The van der Waals surface area contributed by atoms with Crippen LogP contribution in [0.15, 0.2) is 36.7 Å². The number of primary amides is 1. The summed E-state index contributed by atoms with van der Waals surface area (Å²) in [5.74, 6) is 1.44. The second-order valence-electron chi connectivity index (χ2n) is 6.40. The lowest BCUT2D eigenvalue weighted by atomic mass is 10.2. The molecule has 3 N–H and O–H groups in total. The van der Waals surface area contributed by atoms with Crippen molar-refractivity contribution in [2.45, 2.75) is 12.6 Å². The molecule has 2 unspecified atom stereocenters. The van der Waals surface area contributed by atoms with E-state index in [1.165, 1.54) is 18.0 Å². The molecule has 25 heavy (non-hydrogen) atoms. The molecule has 8 heteroatoms. The number of fused-ring (bicyclic) bond motifs is 1. The lowest BCUT2D eigenvalue weighted by Crippen LogP contribution is -2.32. The standard InChI is InChI=1S/C17H18ClN5O.ClH/c18-12-3-1-10(2-4-12)5-20-15-13-8-23(9-14(13)15)17-21-6-11(7-22-17)16(19)24;/h1-4,6-7,13-15,20H,5,8-9H2,(H2,19,24);1H. The second kappa shape index (κ2) is 7.15. The number of nitrogens with zero attached hydrogens (tertiary/aromatic N) is 3. The van der Waals surface area contributed by atoms with E-state index < -0.39 is 5.91 Å². The Kier molecular flexibility index (Phi) is 5.13. The quantitative estimate of drug-likeness (QED) is 0.828. The number of piperidine rings is 1. The molecule has 2 atom stereocenters. The molecule has 1 amide bonds. The summed E-state index contributed by atoms with van der Waals surface area (Å²) in [4.78, 5) is 21.7. The molecule has 1 saturated heterocycles. The van der Waals surface area contributed by atoms with Crippen LogP contribution in [0.3, 0.4) is 0 Å². The van der Waals surface area contributed by atoms with E-state index in [9.17, 15) is 4.79 Å². The Morgan fingerprint density at radius 3 is 2.36 bits per heavy atom. The van der Waals surface area contributed by atoms with Gasteiger partial charge in [-0.2, -0.15) is 0 Å². The fourth-order valence-corrected chi connectivity index (χ4v) is 3.57. The molecule has 0 radical (unpaired) electrons. The summed E-state index contributed by atoms with van der Waals surface area (Å²) >= 11 is 5.90. The van der Waals surface area contributed by atoms with E-state index in [4.69, 9.17) is 17.3 Å². The smallest absolute Gasteiger partial charge is 0.251 e. The Labute approximate surface area is 157 Å². The van der Waals surface area contributed by atoms with Crippen molar-refractivity contribution in [1.82, 2.24) is 15.3 Å². The predicted octanol–water partition coefficient (Wildman–Crippen LogP) is 1.88. The van der Waals surface area contributed by atoms with Crippen LogP contribution in [0, 0.1) is 11.8 Å². The summed E-state index contributed by atoms with van der Waals surface area (Å²) in [5.41, 5.74) is 6.79. The molecule has 0 bridgehead atoms. The number of hydrogen-bond donors (Lipinski definition) is 2. The molecule has 6 nitrogen and oxygen atoms in total. The van der Waals surface area contributed by atoms with Gasteiger partial charge in [0.05, 0.1) is 5.56 Å². The largest absolute Gasteiger partial charge is 0.366 e. The van der Waals surface area contributed by atoms with Gasteiger partial charge in [0.2, 0.25) is 5.95 Å². The first-order valence-electron chi connectivity index (χ1n) is 7.96. The highest BCUT2D eigenvalue weighted by Crippen LogP contribution is 2.46. The highest BCUT2D eigenvalue weighted by molar-refractivity contribution is 6.30. The molecule has 2 aliphatic rings. The predicted molar refractivity (Wildman–Crippen MR) is 99.1 cm³/mol. The highest BCUT2D eigenvalue weighted by Gasteiger charge is 2.55. The van der Waals surface area contributed by atoms with E-state index in [1.54, 1.807) is 0 Å². The van der Waals surface area contributed by atoms with Crippen LogP contribution >= 0.6 is 24.0 Å². The Morgan fingerprint density at radius 1 is 1.20 bits per heavy atom. The maximum atomic E-state index is 11.1. The highest BCUT2D eigenvalue weighted by atomic mass is 35.5. The molecule has 0 spiro atoms. The van der Waals surface area contributed by atoms with Crippen LogP contribution < -0.4 is 16.0 Å². The van der Waals surface area contributed by atoms with E-state index in [-0.39, 0.29) is 12.4 Å². The number of carbonyl (C=O) groups is 1. The van der Waals surface area contributed by atoms with Crippen LogP contribution in [0.2, 0.25) is 5.02 Å². The van der Waals surface area contributed by atoms with Crippen LogP contribution in [0.25, 0.3) is 0 Å². The topological polar surface area (TPSA) is 84.1 Å². The molecule has 132 valence electrons. The number of rotatable bonds is 5. The van der Waals surface area contributed by atoms with Crippen molar-refractivity contribution in [3.05, 3.63) is 52.8 Å². The van der Waals surface area contributed by atoms with E-state index >= 15 is 0 Å². The number of nitrogens with one attached hydrogen (secondary N) is 1. The minimum atomic E-state index is -0.503. The molecular weight excluding hydrogens is 361 g/mol. The van der Waals surface area contributed by atoms with Gasteiger partial charge in [0.25, 0.3) is 5.91 Å². The summed E-state index contributed by atoms with van der Waals surface area (Å²) in [7, 11) is 0. The molecule has 1 aromatic heterocycles. The van der Waals surface area contributed by atoms with Gasteiger partial charge in [0.15, 0.2) is 0 Å². The number of nitrogens with two attached hydrogens (primary N) is 1. The number of aromatic nitrogens is 2. The lowest BCUT2D eigenvalue weighted by Gasteiger charge is -2.20. The van der Waals surface area contributed by atoms with Gasteiger partial charge in [0.1, 0.15) is 0 Å². The Bertz CT molecular complexity index is 741. The van der Waals surface area contributed by atoms with Crippen LogP contribution in [0.5, 0.6) is 0 Å². The Hall–Kier alpha value is -1.89. The summed E-state index contributed by atoms with van der Waals surface area (Å²) < 4.78 is 0. The molecule has 1 aliphatic carbocycles. The first-order valence-corrected chi connectivity index (χ1v) is 8.34. The summed E-state index contributed by atoms with van der Waals surface area (Å²) in [6.07, 6.45) is 2.98. The monoisotopic (exact) mass is 379 g/mol. The fraction of sp³-hybridized carbons (Fsp3) is 0.353. The van der Waals surface area contributed by atoms with Crippen molar-refractivity contribution in [3.63, 3.8) is 0 Å². The van der Waals surface area contributed by atoms with Crippen LogP contribution in [0.4, 0.5) is 5.95 Å². The summed E-state index contributed by atoms with van der Waals surface area (Å²) in [6.45, 7) is 2.75. The van der Waals surface area contributed by atoms with Crippen LogP contribution in [0.1, 0.15) is 15.9 Å². The van der Waals surface area contributed by atoms with Gasteiger partial charge in [-0.15, -0.1) is 12.4 Å². The maximum absolute atomic E-state index is 11.1. The number of anilines is 1. The molecular formula is C17H19Cl2N5O. The molecule has 1 aliphatic heterocycles. The van der Waals surface area contributed by atoms with Gasteiger partial charge in [-0.1, -0.05) is 23.7 Å². The third-order valence-electron chi connectivity index (χ3n) is 4.85. The molecule has 1 saturated carbocycles. The van der Waals surface area contributed by atoms with E-state index in [2.05, 4.69) is 20.2 Å². The van der Waals surface area contributed by atoms with Gasteiger partial charge >= 0.3 is 0 Å². The van der Waals surface area contributed by atoms with Crippen molar-refractivity contribution in [2.75, 3.05) is 18.0 Å². The number of benzene rings is 1. The number of carbonyl (C=O) groups excluding carboxylic acids is 1. The zero-order chi connectivity index (χ0) is 16.7. The molecule has 2 fully saturated rings. The van der Waals surface area contributed by atoms with Crippen LogP contribution in [-0.4, -0.2) is 35.0 Å². The normalized spacial score (nSPS) is 23.7. The number of hydrogen-bond acceptors (Lipinski definition) is 5. The van der Waals surface area contributed by atoms with Crippen molar-refractivity contribution in [3.8, 4) is 0 Å². The van der Waals surface area contributed by atoms with Gasteiger partial charge in [-0.25, -0.2) is 9.97 Å². The molecule has 2 heterocycles. The maximum Gasteiger partial charge on any atom is 0.251 e. The van der Waals surface area contributed by atoms with Crippen molar-refractivity contribution < 1.29 is 4.79 Å². The lowest BCUT2D eigenvalue weighted by molar-refractivity contribution is 0.0999. The van der Waals surface area contributed by atoms with Crippen molar-refractivity contribution >= 4 is 35.9 Å². The van der Waals surface area contributed by atoms with Crippen LogP contribution in [-0.2, 0) is 6.54 Å². The average molecular weight is 380 g/mol. The molecule has 4 rings (SSSR count). The first kappa shape index (κ1) is 17.9. The van der Waals surface area contributed by atoms with Gasteiger partial charge in [-0.3, -0.25) is 4.79 Å². The number of amides is 1. The third kappa shape index (κ3) is 3.71. The first-order chi connectivity index (χ1) is 11.6. The third-order valence-corrected chi connectivity index (χ3v) is 5.11. The second-order valence-corrected chi connectivity index (χ2v) is 6.84. The van der Waals surface area contributed by atoms with Gasteiger partial charge in [-0.05, 0) is 29.5 Å². The zero-order valence-electron chi connectivity index (χ0n) is 13.4. The van der Waals surface area contributed by atoms with E-state index in [0.717, 1.165) is 24.7 Å². The van der Waals surface area contributed by atoms with E-state index in [0.29, 0.717) is 29.4 Å².